The molecule has 5 rings (SSSR count). The van der Waals surface area contributed by atoms with Gasteiger partial charge in [0.25, 0.3) is 0 Å². The van der Waals surface area contributed by atoms with E-state index >= 15 is 0 Å². The predicted molar refractivity (Wildman–Crippen MR) is 149 cm³/mol. The lowest BCUT2D eigenvalue weighted by Gasteiger charge is -2.43. The van der Waals surface area contributed by atoms with Gasteiger partial charge in [-0.15, -0.1) is 0 Å². The van der Waals surface area contributed by atoms with Gasteiger partial charge >= 0.3 is 0 Å². The first-order valence-electron chi connectivity index (χ1n) is 12.4. The Kier molecular flexibility index (Phi) is 8.12. The van der Waals surface area contributed by atoms with Crippen LogP contribution in [0.15, 0.2) is 48.8 Å². The molecular formula is C27H29ClFN5O2S. The Morgan fingerprint density at radius 2 is 2.14 bits per heavy atom. The Hall–Kier alpha value is -2.88. The maximum Gasteiger partial charge on any atom is 0.248 e. The van der Waals surface area contributed by atoms with Gasteiger partial charge in [0.2, 0.25) is 5.91 Å². The molecule has 10 heteroatoms. The zero-order valence-corrected chi connectivity index (χ0v) is 22.1. The smallest absolute Gasteiger partial charge is 0.248 e. The van der Waals surface area contributed by atoms with Crippen LogP contribution in [0.25, 0.3) is 10.9 Å². The number of fused-ring (bicyclic) bond motifs is 2. The summed E-state index contributed by atoms with van der Waals surface area (Å²) in [5, 5.41) is 7.47. The van der Waals surface area contributed by atoms with Crippen LogP contribution in [0.1, 0.15) is 25.7 Å². The first-order valence-corrected chi connectivity index (χ1v) is 13.8. The van der Waals surface area contributed by atoms with E-state index in [-0.39, 0.29) is 10.9 Å². The maximum absolute atomic E-state index is 13.6. The summed E-state index contributed by atoms with van der Waals surface area (Å²) in [6, 6.07) is 8.46. The number of halogens is 2. The van der Waals surface area contributed by atoms with Gasteiger partial charge in [-0.2, -0.15) is 11.8 Å². The standard InChI is InChI=1S/C27H29ClFN5O2S/c1-36-24-15-21-18(27(31-16-30-21)32-17-8-9-20(29)19(28)13-17)14-22(24)33-26(35)7-4-10-34-11-12-37-25-6-3-2-5-23(25)34/h4,7-9,13-16,23,25H,2-3,5-6,10-12H2,1H3,(H,33,35)(H,30,31,32). The van der Waals surface area contributed by atoms with E-state index in [2.05, 4.69) is 37.3 Å². The second-order valence-corrected chi connectivity index (χ2v) is 10.9. The van der Waals surface area contributed by atoms with Crippen LogP contribution in [-0.2, 0) is 4.79 Å². The molecule has 2 unspecified atom stereocenters. The van der Waals surface area contributed by atoms with E-state index in [1.54, 1.807) is 31.4 Å². The van der Waals surface area contributed by atoms with Crippen molar-refractivity contribution in [3.8, 4) is 5.75 Å². The van der Waals surface area contributed by atoms with E-state index in [4.69, 9.17) is 16.3 Å². The number of carbonyl (C=O) groups is 1. The number of anilines is 3. The molecule has 3 aromatic rings. The van der Waals surface area contributed by atoms with Gasteiger partial charge < -0.3 is 15.4 Å². The third-order valence-electron chi connectivity index (χ3n) is 6.85. The molecule has 2 heterocycles. The molecule has 1 aliphatic carbocycles. The molecule has 0 spiro atoms. The normalized spacial score (nSPS) is 20.1. The van der Waals surface area contributed by atoms with Gasteiger partial charge in [0.15, 0.2) is 0 Å². The van der Waals surface area contributed by atoms with Crippen molar-refractivity contribution in [1.29, 1.82) is 0 Å². The van der Waals surface area contributed by atoms with Crippen LogP contribution >= 0.6 is 23.4 Å². The van der Waals surface area contributed by atoms with Crippen LogP contribution in [0.5, 0.6) is 5.75 Å². The number of methoxy groups -OCH3 is 1. The largest absolute Gasteiger partial charge is 0.494 e. The van der Waals surface area contributed by atoms with Gasteiger partial charge in [0, 0.05) is 53.4 Å². The highest BCUT2D eigenvalue weighted by Gasteiger charge is 2.32. The summed E-state index contributed by atoms with van der Waals surface area (Å²) in [7, 11) is 1.54. The van der Waals surface area contributed by atoms with E-state index in [0.717, 1.165) is 24.1 Å². The molecule has 2 aromatic carbocycles. The lowest BCUT2D eigenvalue weighted by atomic mass is 9.93. The predicted octanol–water partition coefficient (Wildman–Crippen LogP) is 6.03. The third kappa shape index (κ3) is 6.00. The summed E-state index contributed by atoms with van der Waals surface area (Å²) in [5.41, 5.74) is 1.70. The molecular weight excluding hydrogens is 513 g/mol. The van der Waals surface area contributed by atoms with E-state index in [1.165, 1.54) is 44.1 Å². The van der Waals surface area contributed by atoms with Gasteiger partial charge in [-0.1, -0.05) is 30.5 Å². The third-order valence-corrected chi connectivity index (χ3v) is 8.54. The Morgan fingerprint density at radius 1 is 1.27 bits per heavy atom. The fraction of sp³-hybridized carbons (Fsp3) is 0.370. The van der Waals surface area contributed by atoms with E-state index in [0.29, 0.717) is 39.9 Å². The van der Waals surface area contributed by atoms with E-state index in [1.807, 2.05) is 6.08 Å². The van der Waals surface area contributed by atoms with Crippen LogP contribution in [0.3, 0.4) is 0 Å². The number of nitrogens with one attached hydrogen (secondary N) is 2. The molecule has 1 saturated carbocycles. The van der Waals surface area contributed by atoms with Crippen LogP contribution in [0, 0.1) is 5.82 Å². The number of hydrogen-bond acceptors (Lipinski definition) is 7. The highest BCUT2D eigenvalue weighted by Crippen LogP contribution is 2.36. The first-order chi connectivity index (χ1) is 18.0. The number of hydrogen-bond donors (Lipinski definition) is 2. The number of thioether (sulfide) groups is 1. The zero-order chi connectivity index (χ0) is 25.8. The molecule has 2 atom stereocenters. The molecule has 2 fully saturated rings. The summed E-state index contributed by atoms with van der Waals surface area (Å²) in [4.78, 5) is 24.0. The SMILES string of the molecule is COc1cc2ncnc(Nc3ccc(F)c(Cl)c3)c2cc1NC(=O)C=CCN1CCSC2CCCCC21. The summed E-state index contributed by atoms with van der Waals surface area (Å²) in [5.74, 6) is 1.40. The molecule has 7 nitrogen and oxygen atoms in total. The molecule has 37 heavy (non-hydrogen) atoms. The number of aromatic nitrogens is 2. The second-order valence-electron chi connectivity index (χ2n) is 9.19. The van der Waals surface area contributed by atoms with Crippen molar-refractivity contribution in [1.82, 2.24) is 14.9 Å². The van der Waals surface area contributed by atoms with Crippen LogP contribution in [0.2, 0.25) is 5.02 Å². The van der Waals surface area contributed by atoms with Gasteiger partial charge in [-0.25, -0.2) is 14.4 Å². The number of ether oxygens (including phenoxy) is 1. The quantitative estimate of drug-likeness (QED) is 0.353. The summed E-state index contributed by atoms with van der Waals surface area (Å²) in [6.07, 6.45) is 10.1. The summed E-state index contributed by atoms with van der Waals surface area (Å²) >= 11 is 8.03. The first kappa shape index (κ1) is 25.8. The number of amides is 1. The van der Waals surface area contributed by atoms with Crippen molar-refractivity contribution in [2.24, 2.45) is 0 Å². The number of nitrogens with zero attached hydrogens (tertiary/aromatic N) is 3. The molecule has 194 valence electrons. The van der Waals surface area contributed by atoms with Crippen LogP contribution in [0.4, 0.5) is 21.6 Å². The average molecular weight is 542 g/mol. The molecule has 2 N–H and O–H groups in total. The van der Waals surface area contributed by atoms with E-state index < -0.39 is 5.82 Å². The number of rotatable bonds is 7. The van der Waals surface area contributed by atoms with E-state index in [9.17, 15) is 9.18 Å². The zero-order valence-electron chi connectivity index (χ0n) is 20.5. The van der Waals surface area contributed by atoms with Crippen molar-refractivity contribution in [2.45, 2.75) is 37.0 Å². The van der Waals surface area contributed by atoms with Gasteiger partial charge in [0.05, 0.1) is 23.3 Å². The molecule has 2 aliphatic rings. The maximum atomic E-state index is 13.6. The highest BCUT2D eigenvalue weighted by atomic mass is 35.5. The monoisotopic (exact) mass is 541 g/mol. The Morgan fingerprint density at radius 3 is 2.97 bits per heavy atom. The Balaban J connectivity index is 1.31. The van der Waals surface area contributed by atoms with Gasteiger partial charge in [0.1, 0.15) is 23.7 Å². The fourth-order valence-electron chi connectivity index (χ4n) is 5.03. The lowest BCUT2D eigenvalue weighted by molar-refractivity contribution is -0.111. The van der Waals surface area contributed by atoms with Crippen molar-refractivity contribution in [3.63, 3.8) is 0 Å². The fourth-order valence-corrected chi connectivity index (χ4v) is 6.72. The summed E-state index contributed by atoms with van der Waals surface area (Å²) < 4.78 is 19.1. The minimum atomic E-state index is -0.500. The molecule has 0 radical (unpaired) electrons. The average Bonchev–Trinajstić information content (AvgIpc) is 2.91. The minimum absolute atomic E-state index is 0.00656. The van der Waals surface area contributed by atoms with Crippen molar-refractivity contribution < 1.29 is 13.9 Å². The topological polar surface area (TPSA) is 79.4 Å². The van der Waals surface area contributed by atoms with Gasteiger partial charge in [-0.3, -0.25) is 9.69 Å². The molecule has 1 aromatic heterocycles. The molecule has 1 saturated heterocycles. The highest BCUT2D eigenvalue weighted by molar-refractivity contribution is 8.00. The van der Waals surface area contributed by atoms with Crippen LogP contribution in [-0.4, -0.2) is 58.0 Å². The minimum Gasteiger partial charge on any atom is -0.494 e. The molecule has 1 amide bonds. The van der Waals surface area contributed by atoms with Crippen molar-refractivity contribution >= 4 is 57.4 Å². The molecule has 1 aliphatic heterocycles. The number of carbonyl (C=O) groups excluding carboxylic acids is 1. The van der Waals surface area contributed by atoms with Gasteiger partial charge in [-0.05, 0) is 37.1 Å². The van der Waals surface area contributed by atoms with Crippen molar-refractivity contribution in [3.05, 3.63) is 59.7 Å². The molecule has 0 bridgehead atoms. The second kappa shape index (κ2) is 11.7. The van der Waals surface area contributed by atoms with Crippen LogP contribution < -0.4 is 15.4 Å². The number of benzene rings is 2. The lowest BCUT2D eigenvalue weighted by Crippen LogP contribution is -2.48. The Labute approximate surface area is 224 Å². The van der Waals surface area contributed by atoms with Crippen molar-refractivity contribution in [2.75, 3.05) is 36.6 Å². The summed E-state index contributed by atoms with van der Waals surface area (Å²) in [6.45, 7) is 1.83. The Bertz CT molecular complexity index is 1320.